The Morgan fingerprint density at radius 3 is 2.69 bits per heavy atom. The number of carbonyl (C=O) groups is 2. The van der Waals surface area contributed by atoms with Crippen LogP contribution < -0.4 is 11.1 Å². The van der Waals surface area contributed by atoms with Crippen LogP contribution in [-0.2, 0) is 4.79 Å². The maximum Gasteiger partial charge on any atom is 0.266 e. The molecular weight excluding hydrogens is 348 g/mol. The number of hydrogen-bond acceptors (Lipinski definition) is 5. The van der Waals surface area contributed by atoms with Gasteiger partial charge >= 0.3 is 0 Å². The monoisotopic (exact) mass is 378 g/mol. The van der Waals surface area contributed by atoms with Crippen LogP contribution in [-0.4, -0.2) is 47.4 Å². The van der Waals surface area contributed by atoms with Crippen molar-refractivity contribution in [2.45, 2.75) is 70.3 Å². The second kappa shape index (κ2) is 8.95. The Morgan fingerprint density at radius 2 is 1.96 bits per heavy atom. The number of carbonyl (C=O) groups excluding carboxylic acids is 2. The van der Waals surface area contributed by atoms with Gasteiger partial charge in [-0.1, -0.05) is 12.8 Å². The van der Waals surface area contributed by atoms with Crippen LogP contribution in [0.25, 0.3) is 0 Å². The number of likely N-dealkylation sites (tertiary alicyclic amines) is 1. The largest absolute Gasteiger partial charge is 0.354 e. The van der Waals surface area contributed by atoms with Crippen molar-refractivity contribution in [1.29, 1.82) is 0 Å². The van der Waals surface area contributed by atoms with Gasteiger partial charge in [-0.25, -0.2) is 4.98 Å². The third-order valence-electron chi connectivity index (χ3n) is 5.51. The van der Waals surface area contributed by atoms with E-state index in [0.717, 1.165) is 41.4 Å². The molecule has 1 aliphatic heterocycles. The Kier molecular flexibility index (Phi) is 6.64. The van der Waals surface area contributed by atoms with Gasteiger partial charge in [-0.15, -0.1) is 11.3 Å². The van der Waals surface area contributed by atoms with Gasteiger partial charge in [0.1, 0.15) is 4.88 Å². The molecule has 1 aromatic rings. The lowest BCUT2D eigenvalue weighted by atomic mass is 10.0. The maximum absolute atomic E-state index is 13.2. The highest BCUT2D eigenvalue weighted by molar-refractivity contribution is 7.13. The summed E-state index contributed by atoms with van der Waals surface area (Å²) in [6, 6.07) is 0.0643. The summed E-state index contributed by atoms with van der Waals surface area (Å²) in [5, 5.41) is 4.06. The van der Waals surface area contributed by atoms with Crippen molar-refractivity contribution >= 4 is 23.2 Å². The summed E-state index contributed by atoms with van der Waals surface area (Å²) in [5.41, 5.74) is 6.29. The van der Waals surface area contributed by atoms with Crippen LogP contribution in [0.3, 0.4) is 0 Å². The van der Waals surface area contributed by atoms with E-state index >= 15 is 0 Å². The normalized spacial score (nSPS) is 21.2. The van der Waals surface area contributed by atoms with E-state index in [1.807, 2.05) is 11.8 Å². The molecule has 7 heteroatoms. The van der Waals surface area contributed by atoms with Crippen LogP contribution in [0.4, 0.5) is 0 Å². The van der Waals surface area contributed by atoms with Crippen molar-refractivity contribution < 1.29 is 9.59 Å². The number of nitrogens with zero attached hydrogens (tertiary/aromatic N) is 2. The Balaban J connectivity index is 1.69. The van der Waals surface area contributed by atoms with Gasteiger partial charge in [0.2, 0.25) is 5.91 Å². The lowest BCUT2D eigenvalue weighted by molar-refractivity contribution is -0.121. The minimum Gasteiger partial charge on any atom is -0.354 e. The number of aryl methyl sites for hydroxylation is 1. The average molecular weight is 379 g/mol. The lowest BCUT2D eigenvalue weighted by Crippen LogP contribution is -2.49. The highest BCUT2D eigenvalue weighted by atomic mass is 32.1. The van der Waals surface area contributed by atoms with E-state index in [4.69, 9.17) is 10.7 Å². The predicted molar refractivity (Wildman–Crippen MR) is 103 cm³/mol. The fourth-order valence-corrected chi connectivity index (χ4v) is 5.22. The first-order valence-corrected chi connectivity index (χ1v) is 10.7. The first kappa shape index (κ1) is 19.3. The SMILES string of the molecule is Cc1nc(C2CCCC2)sc1C(=O)N1CCCCC1CNC(=O)CCN. The van der Waals surface area contributed by atoms with Gasteiger partial charge in [-0.05, 0) is 39.0 Å². The summed E-state index contributed by atoms with van der Waals surface area (Å²) in [6.45, 7) is 3.57. The van der Waals surface area contributed by atoms with Crippen molar-refractivity contribution in [3.05, 3.63) is 15.6 Å². The molecule has 1 aromatic heterocycles. The molecule has 144 valence electrons. The average Bonchev–Trinajstić information content (AvgIpc) is 3.29. The molecule has 1 aliphatic carbocycles. The minimum absolute atomic E-state index is 0.0389. The smallest absolute Gasteiger partial charge is 0.266 e. The van der Waals surface area contributed by atoms with E-state index in [-0.39, 0.29) is 17.9 Å². The molecule has 1 atom stereocenters. The van der Waals surface area contributed by atoms with Crippen molar-refractivity contribution in [2.24, 2.45) is 5.73 Å². The molecule has 1 saturated heterocycles. The van der Waals surface area contributed by atoms with Gasteiger partial charge in [0.15, 0.2) is 0 Å². The molecule has 3 rings (SSSR count). The van der Waals surface area contributed by atoms with E-state index in [1.165, 1.54) is 25.7 Å². The quantitative estimate of drug-likeness (QED) is 0.796. The molecule has 2 amide bonds. The molecule has 0 radical (unpaired) electrons. The molecule has 0 aromatic carbocycles. The summed E-state index contributed by atoms with van der Waals surface area (Å²) >= 11 is 1.59. The van der Waals surface area contributed by atoms with Crippen molar-refractivity contribution in [2.75, 3.05) is 19.6 Å². The van der Waals surface area contributed by atoms with E-state index in [2.05, 4.69) is 5.32 Å². The topological polar surface area (TPSA) is 88.3 Å². The highest BCUT2D eigenvalue weighted by Gasteiger charge is 2.31. The Bertz CT molecular complexity index is 639. The molecule has 1 unspecified atom stereocenters. The number of nitrogens with one attached hydrogen (secondary N) is 1. The number of piperidine rings is 1. The Hall–Kier alpha value is -1.47. The second-order valence-corrected chi connectivity index (χ2v) is 8.47. The molecule has 6 nitrogen and oxygen atoms in total. The summed E-state index contributed by atoms with van der Waals surface area (Å²) in [6.07, 6.45) is 8.30. The maximum atomic E-state index is 13.2. The summed E-state index contributed by atoms with van der Waals surface area (Å²) in [4.78, 5) is 32.4. The van der Waals surface area contributed by atoms with Gasteiger partial charge < -0.3 is 16.0 Å². The van der Waals surface area contributed by atoms with Crippen LogP contribution in [0.5, 0.6) is 0 Å². The molecule has 2 aliphatic rings. The first-order valence-electron chi connectivity index (χ1n) is 9.85. The van der Waals surface area contributed by atoms with E-state index in [1.54, 1.807) is 11.3 Å². The van der Waals surface area contributed by atoms with Gasteiger partial charge in [0.05, 0.1) is 10.7 Å². The van der Waals surface area contributed by atoms with Crippen LogP contribution in [0.2, 0.25) is 0 Å². The molecule has 2 heterocycles. The van der Waals surface area contributed by atoms with Crippen molar-refractivity contribution in [3.8, 4) is 0 Å². The number of hydrogen-bond donors (Lipinski definition) is 2. The Morgan fingerprint density at radius 1 is 1.23 bits per heavy atom. The number of amides is 2. The van der Waals surface area contributed by atoms with Gasteiger partial charge in [-0.2, -0.15) is 0 Å². The fraction of sp³-hybridized carbons (Fsp3) is 0.737. The van der Waals surface area contributed by atoms with Crippen molar-refractivity contribution in [3.63, 3.8) is 0 Å². The summed E-state index contributed by atoms with van der Waals surface area (Å²) in [5.74, 6) is 0.581. The molecule has 0 bridgehead atoms. The number of thiazole rings is 1. The summed E-state index contributed by atoms with van der Waals surface area (Å²) < 4.78 is 0. The minimum atomic E-state index is -0.0389. The third-order valence-corrected chi connectivity index (χ3v) is 6.81. The zero-order chi connectivity index (χ0) is 18.5. The van der Waals surface area contributed by atoms with Gasteiger partial charge in [0, 0.05) is 38.0 Å². The highest BCUT2D eigenvalue weighted by Crippen LogP contribution is 2.37. The Labute approximate surface area is 159 Å². The predicted octanol–water partition coefficient (Wildman–Crippen LogP) is 2.57. The van der Waals surface area contributed by atoms with E-state index in [0.29, 0.717) is 25.4 Å². The van der Waals surface area contributed by atoms with Crippen LogP contribution in [0.15, 0.2) is 0 Å². The van der Waals surface area contributed by atoms with Crippen LogP contribution >= 0.6 is 11.3 Å². The van der Waals surface area contributed by atoms with Gasteiger partial charge in [-0.3, -0.25) is 9.59 Å². The standard InChI is InChI=1S/C19H30N4O2S/c1-13-17(26-18(22-13)14-6-2-3-7-14)19(25)23-11-5-4-8-15(23)12-21-16(24)9-10-20/h14-15H,2-12,20H2,1H3,(H,21,24). The molecule has 0 spiro atoms. The molecule has 1 saturated carbocycles. The lowest BCUT2D eigenvalue weighted by Gasteiger charge is -2.35. The number of nitrogens with two attached hydrogens (primary N) is 1. The molecule has 26 heavy (non-hydrogen) atoms. The third kappa shape index (κ3) is 4.43. The van der Waals surface area contributed by atoms with Crippen molar-refractivity contribution in [1.82, 2.24) is 15.2 Å². The first-order chi connectivity index (χ1) is 12.6. The van der Waals surface area contributed by atoms with E-state index < -0.39 is 0 Å². The van der Waals surface area contributed by atoms with E-state index in [9.17, 15) is 9.59 Å². The second-order valence-electron chi connectivity index (χ2n) is 7.44. The fourth-order valence-electron chi connectivity index (χ4n) is 4.02. The van der Waals surface area contributed by atoms with Crippen LogP contribution in [0.1, 0.15) is 77.7 Å². The summed E-state index contributed by atoms with van der Waals surface area (Å²) in [7, 11) is 0. The molecule has 2 fully saturated rings. The number of rotatable bonds is 6. The number of aromatic nitrogens is 1. The molecule has 3 N–H and O–H groups in total. The zero-order valence-corrected chi connectivity index (χ0v) is 16.4. The molecular formula is C19H30N4O2S. The van der Waals surface area contributed by atoms with Crippen LogP contribution in [0, 0.1) is 6.92 Å². The van der Waals surface area contributed by atoms with Gasteiger partial charge in [0.25, 0.3) is 5.91 Å². The zero-order valence-electron chi connectivity index (χ0n) is 15.6.